The van der Waals surface area contributed by atoms with E-state index < -0.39 is 0 Å². The minimum Gasteiger partial charge on any atom is -0.392 e. The van der Waals surface area contributed by atoms with Crippen molar-refractivity contribution in [2.45, 2.75) is 58.1 Å². The molecule has 0 aromatic carbocycles. The van der Waals surface area contributed by atoms with Crippen LogP contribution in [0.15, 0.2) is 0 Å². The number of unbranched alkanes of at least 4 members (excludes halogenated alkanes) is 2. The van der Waals surface area contributed by atoms with Crippen LogP contribution in [0, 0.1) is 0 Å². The first kappa shape index (κ1) is 14.5. The summed E-state index contributed by atoms with van der Waals surface area (Å²) >= 11 is 0. The lowest BCUT2D eigenvalue weighted by molar-refractivity contribution is -0.127. The average molecular weight is 242 g/mol. The van der Waals surface area contributed by atoms with E-state index in [1.165, 1.54) is 6.42 Å². The van der Waals surface area contributed by atoms with Gasteiger partial charge in [-0.15, -0.1) is 0 Å². The van der Waals surface area contributed by atoms with Gasteiger partial charge in [-0.1, -0.05) is 19.8 Å². The number of likely N-dealkylation sites (tertiary alicyclic amines) is 1. The molecular weight excluding hydrogens is 216 g/mol. The average Bonchev–Trinajstić information content (AvgIpc) is 2.33. The minimum absolute atomic E-state index is 0.0928. The molecule has 0 aromatic heterocycles. The van der Waals surface area contributed by atoms with Crippen molar-refractivity contribution in [3.8, 4) is 0 Å². The van der Waals surface area contributed by atoms with Crippen molar-refractivity contribution >= 4 is 5.91 Å². The Morgan fingerprint density at radius 2 is 2.29 bits per heavy atom. The third-order valence-electron chi connectivity index (χ3n) is 3.43. The highest BCUT2D eigenvalue weighted by Crippen LogP contribution is 2.12. The maximum atomic E-state index is 11.9. The number of nitrogens with one attached hydrogen (secondary N) is 1. The van der Waals surface area contributed by atoms with E-state index in [-0.39, 0.29) is 18.1 Å². The molecule has 2 atom stereocenters. The molecule has 1 aliphatic rings. The van der Waals surface area contributed by atoms with Crippen LogP contribution < -0.4 is 5.32 Å². The third-order valence-corrected chi connectivity index (χ3v) is 3.43. The monoisotopic (exact) mass is 242 g/mol. The molecule has 0 spiro atoms. The smallest absolute Gasteiger partial charge is 0.237 e. The minimum atomic E-state index is -0.265. The van der Waals surface area contributed by atoms with Crippen molar-refractivity contribution < 1.29 is 9.90 Å². The van der Waals surface area contributed by atoms with Gasteiger partial charge in [0.05, 0.1) is 12.1 Å². The second-order valence-electron chi connectivity index (χ2n) is 4.97. The fourth-order valence-corrected chi connectivity index (χ4v) is 2.24. The van der Waals surface area contributed by atoms with Crippen LogP contribution in [0.5, 0.6) is 0 Å². The van der Waals surface area contributed by atoms with Crippen LogP contribution in [-0.2, 0) is 4.79 Å². The Labute approximate surface area is 104 Å². The summed E-state index contributed by atoms with van der Waals surface area (Å²) in [6, 6.07) is -0.119. The zero-order valence-electron chi connectivity index (χ0n) is 11.1. The summed E-state index contributed by atoms with van der Waals surface area (Å²) in [6.45, 7) is 6.39. The molecule has 1 amide bonds. The summed E-state index contributed by atoms with van der Waals surface area (Å²) in [5.41, 5.74) is 0. The summed E-state index contributed by atoms with van der Waals surface area (Å²) in [5.74, 6) is 0.0928. The molecule has 1 fully saturated rings. The Hall–Kier alpha value is -0.610. The molecule has 0 bridgehead atoms. The van der Waals surface area contributed by atoms with Gasteiger partial charge < -0.3 is 10.4 Å². The second-order valence-corrected chi connectivity index (χ2v) is 4.97. The van der Waals surface area contributed by atoms with Gasteiger partial charge in [0.1, 0.15) is 0 Å². The van der Waals surface area contributed by atoms with E-state index in [1.807, 2.05) is 6.92 Å². The van der Waals surface area contributed by atoms with Gasteiger partial charge in [0, 0.05) is 13.1 Å². The Morgan fingerprint density at radius 3 is 2.94 bits per heavy atom. The highest BCUT2D eigenvalue weighted by atomic mass is 16.3. The number of hydrogen-bond donors (Lipinski definition) is 2. The van der Waals surface area contributed by atoms with E-state index in [4.69, 9.17) is 0 Å². The van der Waals surface area contributed by atoms with Crippen LogP contribution in [0.4, 0.5) is 0 Å². The molecule has 1 heterocycles. The van der Waals surface area contributed by atoms with E-state index in [0.717, 1.165) is 38.8 Å². The quantitative estimate of drug-likeness (QED) is 0.687. The highest BCUT2D eigenvalue weighted by molar-refractivity contribution is 5.81. The van der Waals surface area contributed by atoms with E-state index in [0.29, 0.717) is 6.54 Å². The summed E-state index contributed by atoms with van der Waals surface area (Å²) in [7, 11) is 0. The fraction of sp³-hybridized carbons (Fsp3) is 0.923. The molecular formula is C13H26N2O2. The van der Waals surface area contributed by atoms with Gasteiger partial charge in [0.25, 0.3) is 0 Å². The van der Waals surface area contributed by atoms with E-state index in [9.17, 15) is 9.90 Å². The van der Waals surface area contributed by atoms with E-state index >= 15 is 0 Å². The summed E-state index contributed by atoms with van der Waals surface area (Å²) < 4.78 is 0. The molecule has 4 nitrogen and oxygen atoms in total. The van der Waals surface area contributed by atoms with Crippen LogP contribution in [0.1, 0.15) is 46.0 Å². The molecule has 17 heavy (non-hydrogen) atoms. The predicted molar refractivity (Wildman–Crippen MR) is 68.8 cm³/mol. The number of aliphatic hydroxyl groups excluding tert-OH is 1. The van der Waals surface area contributed by atoms with Crippen molar-refractivity contribution in [2.24, 2.45) is 0 Å². The first-order valence-corrected chi connectivity index (χ1v) is 6.85. The SMILES string of the molecule is CCCCCNC(=O)C(C)N1CCCC(O)C1. The lowest BCUT2D eigenvalue weighted by atomic mass is 10.1. The van der Waals surface area contributed by atoms with Gasteiger partial charge in [-0.3, -0.25) is 9.69 Å². The number of aliphatic hydroxyl groups is 1. The Morgan fingerprint density at radius 1 is 1.53 bits per heavy atom. The lowest BCUT2D eigenvalue weighted by Gasteiger charge is -2.33. The van der Waals surface area contributed by atoms with Gasteiger partial charge in [-0.25, -0.2) is 0 Å². The third kappa shape index (κ3) is 5.04. The molecule has 0 saturated carbocycles. The van der Waals surface area contributed by atoms with Crippen molar-refractivity contribution in [3.05, 3.63) is 0 Å². The molecule has 100 valence electrons. The lowest BCUT2D eigenvalue weighted by Crippen LogP contribution is -2.50. The molecule has 2 N–H and O–H groups in total. The largest absolute Gasteiger partial charge is 0.392 e. The number of β-amino-alcohol motifs (C(OH)–C–C–N with tert-alkyl or cyclic N) is 1. The van der Waals surface area contributed by atoms with Gasteiger partial charge in [0.2, 0.25) is 5.91 Å². The van der Waals surface area contributed by atoms with Gasteiger partial charge in [-0.05, 0) is 32.7 Å². The molecule has 2 unspecified atom stereocenters. The van der Waals surface area contributed by atoms with E-state index in [1.54, 1.807) is 0 Å². The number of rotatable bonds is 6. The van der Waals surface area contributed by atoms with Gasteiger partial charge in [0.15, 0.2) is 0 Å². The number of carbonyl (C=O) groups is 1. The van der Waals surface area contributed by atoms with Crippen molar-refractivity contribution in [2.75, 3.05) is 19.6 Å². The zero-order chi connectivity index (χ0) is 12.7. The molecule has 4 heteroatoms. The maximum absolute atomic E-state index is 11.9. The summed E-state index contributed by atoms with van der Waals surface area (Å²) in [5, 5.41) is 12.6. The number of piperidine rings is 1. The fourth-order valence-electron chi connectivity index (χ4n) is 2.24. The van der Waals surface area contributed by atoms with Gasteiger partial charge >= 0.3 is 0 Å². The number of hydrogen-bond acceptors (Lipinski definition) is 3. The maximum Gasteiger partial charge on any atom is 0.237 e. The van der Waals surface area contributed by atoms with Crippen LogP contribution in [-0.4, -0.2) is 47.7 Å². The topological polar surface area (TPSA) is 52.6 Å². The molecule has 1 aliphatic heterocycles. The van der Waals surface area contributed by atoms with Crippen LogP contribution in [0.3, 0.4) is 0 Å². The Kier molecular flexibility index (Phi) is 6.52. The predicted octanol–water partition coefficient (Wildman–Crippen LogP) is 1.14. The van der Waals surface area contributed by atoms with Crippen molar-refractivity contribution in [1.29, 1.82) is 0 Å². The molecule has 1 saturated heterocycles. The Balaban J connectivity index is 2.25. The Bertz CT molecular complexity index is 233. The molecule has 0 aliphatic carbocycles. The van der Waals surface area contributed by atoms with E-state index in [2.05, 4.69) is 17.1 Å². The molecule has 0 radical (unpaired) electrons. The van der Waals surface area contributed by atoms with Crippen molar-refractivity contribution in [3.63, 3.8) is 0 Å². The normalized spacial score (nSPS) is 23.4. The van der Waals surface area contributed by atoms with Crippen LogP contribution in [0.2, 0.25) is 0 Å². The molecule has 0 aromatic rings. The van der Waals surface area contributed by atoms with Crippen LogP contribution >= 0.6 is 0 Å². The number of carbonyl (C=O) groups excluding carboxylic acids is 1. The standard InChI is InChI=1S/C13H26N2O2/c1-3-4-5-8-14-13(17)11(2)15-9-6-7-12(16)10-15/h11-12,16H,3-10H2,1-2H3,(H,14,17). The van der Waals surface area contributed by atoms with Crippen molar-refractivity contribution in [1.82, 2.24) is 10.2 Å². The first-order chi connectivity index (χ1) is 8.15. The first-order valence-electron chi connectivity index (χ1n) is 6.85. The zero-order valence-corrected chi connectivity index (χ0v) is 11.1. The highest BCUT2D eigenvalue weighted by Gasteiger charge is 2.25. The number of amides is 1. The second kappa shape index (κ2) is 7.67. The van der Waals surface area contributed by atoms with Gasteiger partial charge in [-0.2, -0.15) is 0 Å². The molecule has 1 rings (SSSR count). The van der Waals surface area contributed by atoms with Crippen LogP contribution in [0.25, 0.3) is 0 Å². The summed E-state index contributed by atoms with van der Waals surface area (Å²) in [4.78, 5) is 14.0. The number of nitrogens with zero attached hydrogens (tertiary/aromatic N) is 1. The summed E-state index contributed by atoms with van der Waals surface area (Å²) in [6.07, 6.45) is 4.97.